The van der Waals surface area contributed by atoms with E-state index in [9.17, 15) is 0 Å². The maximum atomic E-state index is 4.51. The predicted octanol–water partition coefficient (Wildman–Crippen LogP) is 15.7. The highest BCUT2D eigenvalue weighted by Gasteiger charge is 2.24. The highest BCUT2D eigenvalue weighted by atomic mass is 15.1. The Morgan fingerprint density at radius 2 is 0.839 bits per heavy atom. The van der Waals surface area contributed by atoms with Gasteiger partial charge in [0, 0.05) is 33.5 Å². The lowest BCUT2D eigenvalue weighted by atomic mass is 10.0. The molecule has 1 aliphatic carbocycles. The Bertz CT molecular complexity index is 2770. The monoisotopic (exact) mass is 722 g/mol. The highest BCUT2D eigenvalue weighted by molar-refractivity contribution is 6.10. The van der Waals surface area contributed by atoms with Gasteiger partial charge in [-0.1, -0.05) is 162 Å². The van der Waals surface area contributed by atoms with Gasteiger partial charge in [0.15, 0.2) is 0 Å². The minimum Gasteiger partial charge on any atom is -0.310 e. The zero-order valence-electron chi connectivity index (χ0n) is 32.6. The van der Waals surface area contributed by atoms with E-state index in [1.54, 1.807) is 0 Å². The van der Waals surface area contributed by atoms with Crippen molar-refractivity contribution in [2.24, 2.45) is 0 Å². The van der Waals surface area contributed by atoms with E-state index in [-0.39, 0.29) is 0 Å². The second-order valence-electron chi connectivity index (χ2n) is 13.5. The van der Waals surface area contributed by atoms with Crippen molar-refractivity contribution in [2.75, 3.05) is 4.90 Å². The molecule has 2 nitrogen and oxygen atoms in total. The van der Waals surface area contributed by atoms with E-state index in [2.05, 4.69) is 210 Å². The summed E-state index contributed by atoms with van der Waals surface area (Å²) in [5, 5.41) is 2.51. The lowest BCUT2D eigenvalue weighted by Crippen LogP contribution is -2.10. The van der Waals surface area contributed by atoms with Crippen LogP contribution in [0.5, 0.6) is 0 Å². The van der Waals surface area contributed by atoms with Crippen LogP contribution in [0.15, 0.2) is 201 Å². The van der Waals surface area contributed by atoms with Gasteiger partial charge >= 0.3 is 0 Å². The Balaban J connectivity index is 0.00000107. The number of para-hydroxylation sites is 2. The molecule has 0 N–H and O–H groups in total. The third-order valence-corrected chi connectivity index (χ3v) is 10.5. The lowest BCUT2D eigenvalue weighted by Gasteiger charge is -2.26. The molecule has 10 rings (SSSR count). The average molecular weight is 723 g/mol. The summed E-state index contributed by atoms with van der Waals surface area (Å²) in [6.45, 7) is 12.5. The molecule has 0 spiro atoms. The number of aromatic nitrogens is 1. The van der Waals surface area contributed by atoms with Gasteiger partial charge in [-0.3, -0.25) is 0 Å². The average Bonchev–Trinajstić information content (AvgIpc) is 3.77. The van der Waals surface area contributed by atoms with Gasteiger partial charge in [-0.15, -0.1) is 0 Å². The fraction of sp³-hybridized carbons (Fsp3) is 0.0741. The zero-order valence-corrected chi connectivity index (χ0v) is 32.6. The number of hydrogen-bond acceptors (Lipinski definition) is 1. The van der Waals surface area contributed by atoms with Crippen molar-refractivity contribution in [1.29, 1.82) is 0 Å². The van der Waals surface area contributed by atoms with Crippen molar-refractivity contribution in [3.63, 3.8) is 0 Å². The van der Waals surface area contributed by atoms with E-state index >= 15 is 0 Å². The zero-order chi connectivity index (χ0) is 38.6. The van der Waals surface area contributed by atoms with E-state index in [0.717, 1.165) is 22.6 Å². The van der Waals surface area contributed by atoms with Crippen molar-refractivity contribution in [3.05, 3.63) is 212 Å². The van der Waals surface area contributed by atoms with Crippen molar-refractivity contribution in [2.45, 2.75) is 27.7 Å². The second-order valence-corrected chi connectivity index (χ2v) is 13.5. The van der Waals surface area contributed by atoms with Crippen molar-refractivity contribution < 1.29 is 0 Å². The lowest BCUT2D eigenvalue weighted by molar-refractivity contribution is 1.18. The van der Waals surface area contributed by atoms with Gasteiger partial charge in [0.1, 0.15) is 0 Å². The number of rotatable bonds is 6. The first kappa shape index (κ1) is 36.1. The van der Waals surface area contributed by atoms with Gasteiger partial charge in [-0.25, -0.2) is 0 Å². The Morgan fingerprint density at radius 3 is 1.52 bits per heavy atom. The third kappa shape index (κ3) is 6.40. The summed E-state index contributed by atoms with van der Waals surface area (Å²) in [5.41, 5.74) is 17.6. The highest BCUT2D eigenvalue weighted by Crippen LogP contribution is 2.47. The molecule has 0 unspecified atom stereocenters. The first-order valence-corrected chi connectivity index (χ1v) is 19.8. The topological polar surface area (TPSA) is 8.17 Å². The normalized spacial score (nSPS) is 11.2. The Hall–Kier alpha value is -6.90. The van der Waals surface area contributed by atoms with Crippen LogP contribution >= 0.6 is 0 Å². The molecular weight excluding hydrogens is 677 g/mol. The van der Waals surface area contributed by atoms with Gasteiger partial charge < -0.3 is 9.47 Å². The quantitative estimate of drug-likeness (QED) is 0.166. The van der Waals surface area contributed by atoms with Crippen LogP contribution in [-0.4, -0.2) is 4.57 Å². The molecule has 1 heterocycles. The van der Waals surface area contributed by atoms with Crippen molar-refractivity contribution >= 4 is 44.4 Å². The molecule has 0 saturated heterocycles. The molecule has 1 aliphatic rings. The van der Waals surface area contributed by atoms with Crippen LogP contribution in [0.3, 0.4) is 0 Å². The van der Waals surface area contributed by atoms with Crippen molar-refractivity contribution in [1.82, 2.24) is 4.57 Å². The number of hydrogen-bond donors (Lipinski definition) is 0. The van der Waals surface area contributed by atoms with Crippen LogP contribution < -0.4 is 4.90 Å². The summed E-state index contributed by atoms with van der Waals surface area (Å²) < 4.78 is 2.36. The summed E-state index contributed by atoms with van der Waals surface area (Å²) in [7, 11) is 0. The summed E-state index contributed by atoms with van der Waals surface area (Å²) in [5.74, 6) is 0. The molecule has 0 aliphatic heterocycles. The molecule has 0 atom stereocenters. The Morgan fingerprint density at radius 1 is 0.357 bits per heavy atom. The summed E-state index contributed by atoms with van der Waals surface area (Å²) in [6, 6.07) is 70.0. The van der Waals surface area contributed by atoms with Crippen LogP contribution in [0.25, 0.3) is 66.4 Å². The van der Waals surface area contributed by atoms with Crippen LogP contribution in [0, 0.1) is 0 Å². The van der Waals surface area contributed by atoms with E-state index in [0.29, 0.717) is 0 Å². The van der Waals surface area contributed by atoms with Crippen LogP contribution in [-0.2, 0) is 0 Å². The number of anilines is 3. The molecule has 2 heteroatoms. The Labute approximate surface area is 331 Å². The van der Waals surface area contributed by atoms with E-state index in [1.807, 2.05) is 27.7 Å². The fourth-order valence-electron chi connectivity index (χ4n) is 7.97. The van der Waals surface area contributed by atoms with E-state index in [4.69, 9.17) is 0 Å². The first-order valence-electron chi connectivity index (χ1n) is 19.8. The number of fused-ring (bicyclic) bond motifs is 6. The largest absolute Gasteiger partial charge is 0.310 e. The first-order chi connectivity index (χ1) is 27.7. The molecule has 0 saturated carbocycles. The minimum atomic E-state index is 1.08. The van der Waals surface area contributed by atoms with Gasteiger partial charge in [0.2, 0.25) is 0 Å². The molecule has 56 heavy (non-hydrogen) atoms. The second kappa shape index (κ2) is 15.8. The maximum absolute atomic E-state index is 4.51. The summed E-state index contributed by atoms with van der Waals surface area (Å²) in [6.07, 6.45) is 0. The van der Waals surface area contributed by atoms with Crippen LogP contribution in [0.2, 0.25) is 0 Å². The molecular formula is C54H46N2. The SMILES string of the molecule is C=C1c2ccccc2-c2ccc(N(c3ccc(-c4ccccc4)cc3)c3ccc(-c4ccc5c(c4)c4ccccc4n5-c4ccccc4)cc3)cc21.CC.CC. The summed E-state index contributed by atoms with van der Waals surface area (Å²) in [4.78, 5) is 2.35. The molecule has 0 bridgehead atoms. The molecule has 0 radical (unpaired) electrons. The molecule has 272 valence electrons. The molecule has 0 amide bonds. The van der Waals surface area contributed by atoms with Gasteiger partial charge in [0.05, 0.1) is 11.0 Å². The molecule has 0 fully saturated rings. The Kier molecular flexibility index (Phi) is 10.2. The fourth-order valence-corrected chi connectivity index (χ4v) is 7.97. The number of nitrogens with zero attached hydrogens (tertiary/aromatic N) is 2. The third-order valence-electron chi connectivity index (χ3n) is 10.5. The van der Waals surface area contributed by atoms with E-state index < -0.39 is 0 Å². The van der Waals surface area contributed by atoms with Crippen molar-refractivity contribution in [3.8, 4) is 39.1 Å². The van der Waals surface area contributed by atoms with Gasteiger partial charge in [-0.2, -0.15) is 0 Å². The minimum absolute atomic E-state index is 1.08. The van der Waals surface area contributed by atoms with Gasteiger partial charge in [0.25, 0.3) is 0 Å². The predicted molar refractivity (Wildman–Crippen MR) is 243 cm³/mol. The van der Waals surface area contributed by atoms with Crippen LogP contribution in [0.4, 0.5) is 17.1 Å². The van der Waals surface area contributed by atoms with E-state index in [1.165, 1.54) is 72.0 Å². The number of benzene rings is 8. The van der Waals surface area contributed by atoms with Crippen LogP contribution in [0.1, 0.15) is 38.8 Å². The van der Waals surface area contributed by atoms with Gasteiger partial charge in [-0.05, 0) is 117 Å². The standard InChI is InChI=1S/C50H34N2.2C2H6/c1-34-43-16-8-9-17-44(43)45-30-29-42(33-47(34)45)51(40-25-20-36(21-26-40)35-12-4-2-5-13-35)41-27-22-37(23-28-41)38-24-31-50-48(32-38)46-18-10-11-19-49(46)52(50)39-14-6-3-7-15-39;2*1-2/h2-33H,1H2;2*1-2H3. The smallest absolute Gasteiger partial charge is 0.0541 e. The molecule has 1 aromatic heterocycles. The molecule has 8 aromatic carbocycles. The molecule has 9 aromatic rings. The summed E-state index contributed by atoms with van der Waals surface area (Å²) >= 11 is 0. The maximum Gasteiger partial charge on any atom is 0.0541 e.